The molecule has 2 N–H and O–H groups in total. The molecular weight excluding hydrogens is 270 g/mol. The Kier molecular flexibility index (Phi) is 3.89. The smallest absolute Gasteiger partial charge is 0.268 e. The molecule has 20 heavy (non-hydrogen) atoms. The molecule has 1 aliphatic carbocycles. The Morgan fingerprint density at radius 3 is 3.05 bits per heavy atom. The van der Waals surface area contributed by atoms with E-state index in [0.717, 1.165) is 23.2 Å². The Labute approximate surface area is 122 Å². The molecule has 0 spiro atoms. The van der Waals surface area contributed by atoms with Crippen LogP contribution in [0.1, 0.15) is 38.9 Å². The third-order valence-corrected chi connectivity index (χ3v) is 5.42. The summed E-state index contributed by atoms with van der Waals surface area (Å²) in [5.41, 5.74) is 0.786. The zero-order chi connectivity index (χ0) is 14.1. The van der Waals surface area contributed by atoms with Gasteiger partial charge in [0.1, 0.15) is 10.5 Å². The van der Waals surface area contributed by atoms with Gasteiger partial charge in [-0.05, 0) is 42.5 Å². The molecule has 2 aromatic heterocycles. The van der Waals surface area contributed by atoms with Crippen molar-refractivity contribution in [3.05, 3.63) is 27.6 Å². The average Bonchev–Trinajstić information content (AvgIpc) is 2.89. The zero-order valence-corrected chi connectivity index (χ0v) is 12.8. The number of hydrogen-bond donors (Lipinski definition) is 2. The van der Waals surface area contributed by atoms with Gasteiger partial charge in [0.05, 0.1) is 12.1 Å². The fourth-order valence-corrected chi connectivity index (χ4v) is 3.70. The molecule has 0 saturated heterocycles. The van der Waals surface area contributed by atoms with Crippen LogP contribution in [-0.2, 0) is 6.54 Å². The van der Waals surface area contributed by atoms with Crippen molar-refractivity contribution >= 4 is 21.6 Å². The number of fused-ring (bicyclic) bond motifs is 1. The van der Waals surface area contributed by atoms with Crippen LogP contribution < -0.4 is 10.9 Å². The second-order valence-electron chi connectivity index (χ2n) is 5.99. The number of H-pyrrole nitrogens is 1. The van der Waals surface area contributed by atoms with Crippen molar-refractivity contribution in [3.63, 3.8) is 0 Å². The van der Waals surface area contributed by atoms with E-state index in [2.05, 4.69) is 29.1 Å². The largest absolute Gasteiger partial charge is 0.308 e. The zero-order valence-electron chi connectivity index (χ0n) is 12.0. The summed E-state index contributed by atoms with van der Waals surface area (Å²) in [5, 5.41) is 5.45. The standard InChI is InChI=1S/C15H21N3OS/c1-9-3-4-11(7-10(9)2)16-8-13-17-12-5-6-20-14(12)15(19)18-13/h5-6,9-11,16H,3-4,7-8H2,1-2H3,(H,17,18,19). The van der Waals surface area contributed by atoms with E-state index in [-0.39, 0.29) is 5.56 Å². The van der Waals surface area contributed by atoms with Crippen LogP contribution in [0.3, 0.4) is 0 Å². The fourth-order valence-electron chi connectivity index (χ4n) is 2.98. The van der Waals surface area contributed by atoms with Crippen molar-refractivity contribution in [2.45, 2.75) is 45.7 Å². The maximum absolute atomic E-state index is 11.9. The lowest BCUT2D eigenvalue weighted by molar-refractivity contribution is 0.225. The molecule has 2 aromatic rings. The van der Waals surface area contributed by atoms with E-state index in [4.69, 9.17) is 0 Å². The van der Waals surface area contributed by atoms with Crippen LogP contribution in [0.25, 0.3) is 10.2 Å². The second kappa shape index (κ2) is 5.66. The average molecular weight is 291 g/mol. The van der Waals surface area contributed by atoms with Gasteiger partial charge in [-0.1, -0.05) is 13.8 Å². The Hall–Kier alpha value is -1.20. The summed E-state index contributed by atoms with van der Waals surface area (Å²) in [5.74, 6) is 2.34. The first-order chi connectivity index (χ1) is 9.63. The topological polar surface area (TPSA) is 57.8 Å². The lowest BCUT2D eigenvalue weighted by Gasteiger charge is -2.32. The Balaban J connectivity index is 1.66. The highest BCUT2D eigenvalue weighted by Crippen LogP contribution is 2.29. The third kappa shape index (κ3) is 2.79. The van der Waals surface area contributed by atoms with E-state index in [1.165, 1.54) is 30.6 Å². The number of nitrogens with one attached hydrogen (secondary N) is 2. The molecule has 0 bridgehead atoms. The molecule has 0 aliphatic heterocycles. The summed E-state index contributed by atoms with van der Waals surface area (Å²) in [4.78, 5) is 19.3. The van der Waals surface area contributed by atoms with Crippen molar-refractivity contribution in [2.24, 2.45) is 11.8 Å². The Bertz CT molecular complexity index is 648. The molecule has 1 aliphatic rings. The van der Waals surface area contributed by atoms with Crippen molar-refractivity contribution in [2.75, 3.05) is 0 Å². The summed E-state index contributed by atoms with van der Waals surface area (Å²) in [6.45, 7) is 5.31. The van der Waals surface area contributed by atoms with Crippen molar-refractivity contribution < 1.29 is 0 Å². The van der Waals surface area contributed by atoms with Gasteiger partial charge in [0.15, 0.2) is 0 Å². The number of rotatable bonds is 3. The quantitative estimate of drug-likeness (QED) is 0.914. The van der Waals surface area contributed by atoms with E-state index >= 15 is 0 Å². The van der Waals surface area contributed by atoms with Crippen LogP contribution in [0.2, 0.25) is 0 Å². The molecule has 3 unspecified atom stereocenters. The molecule has 108 valence electrons. The maximum atomic E-state index is 11.9. The van der Waals surface area contributed by atoms with Crippen LogP contribution in [0.5, 0.6) is 0 Å². The van der Waals surface area contributed by atoms with Gasteiger partial charge < -0.3 is 10.3 Å². The van der Waals surface area contributed by atoms with Gasteiger partial charge in [-0.2, -0.15) is 0 Å². The van der Waals surface area contributed by atoms with E-state index < -0.39 is 0 Å². The molecule has 4 nitrogen and oxygen atoms in total. The summed E-state index contributed by atoms with van der Waals surface area (Å²) in [7, 11) is 0. The molecule has 2 heterocycles. The van der Waals surface area contributed by atoms with E-state index in [0.29, 0.717) is 17.3 Å². The lowest BCUT2D eigenvalue weighted by Crippen LogP contribution is -2.36. The molecule has 5 heteroatoms. The van der Waals surface area contributed by atoms with Gasteiger partial charge in [0.25, 0.3) is 5.56 Å². The summed E-state index contributed by atoms with van der Waals surface area (Å²) in [6.07, 6.45) is 3.72. The monoisotopic (exact) mass is 291 g/mol. The van der Waals surface area contributed by atoms with Gasteiger partial charge >= 0.3 is 0 Å². The molecule has 0 aromatic carbocycles. The normalized spacial score (nSPS) is 27.0. The second-order valence-corrected chi connectivity index (χ2v) is 6.91. The SMILES string of the molecule is CC1CCC(NCc2nc3ccsc3c(=O)[nH]2)CC1C. The van der Waals surface area contributed by atoms with Crippen LogP contribution in [-0.4, -0.2) is 16.0 Å². The van der Waals surface area contributed by atoms with E-state index in [9.17, 15) is 4.79 Å². The Morgan fingerprint density at radius 1 is 1.40 bits per heavy atom. The number of nitrogens with zero attached hydrogens (tertiary/aromatic N) is 1. The molecule has 3 rings (SSSR count). The third-order valence-electron chi connectivity index (χ3n) is 4.52. The Morgan fingerprint density at radius 2 is 2.25 bits per heavy atom. The molecule has 1 fully saturated rings. The number of aromatic amines is 1. The summed E-state index contributed by atoms with van der Waals surface area (Å²) < 4.78 is 0.717. The fraction of sp³-hybridized carbons (Fsp3) is 0.600. The van der Waals surface area contributed by atoms with E-state index in [1.54, 1.807) is 0 Å². The molecule has 3 atom stereocenters. The molecule has 0 amide bonds. The number of hydrogen-bond acceptors (Lipinski definition) is 4. The maximum Gasteiger partial charge on any atom is 0.268 e. The van der Waals surface area contributed by atoms with Crippen LogP contribution >= 0.6 is 11.3 Å². The van der Waals surface area contributed by atoms with Gasteiger partial charge in [-0.3, -0.25) is 4.79 Å². The van der Waals surface area contributed by atoms with Gasteiger partial charge in [-0.15, -0.1) is 11.3 Å². The lowest BCUT2D eigenvalue weighted by atomic mass is 9.79. The first-order valence-electron chi connectivity index (χ1n) is 7.33. The number of thiophene rings is 1. The first kappa shape index (κ1) is 13.8. The van der Waals surface area contributed by atoms with Crippen LogP contribution in [0, 0.1) is 11.8 Å². The molecular formula is C15H21N3OS. The molecule has 1 saturated carbocycles. The highest BCUT2D eigenvalue weighted by molar-refractivity contribution is 7.17. The highest BCUT2D eigenvalue weighted by atomic mass is 32.1. The van der Waals surface area contributed by atoms with Crippen LogP contribution in [0.15, 0.2) is 16.2 Å². The summed E-state index contributed by atoms with van der Waals surface area (Å²) in [6, 6.07) is 2.45. The minimum absolute atomic E-state index is 0.0209. The van der Waals surface area contributed by atoms with Crippen molar-refractivity contribution in [1.82, 2.24) is 15.3 Å². The van der Waals surface area contributed by atoms with Crippen LogP contribution in [0.4, 0.5) is 0 Å². The van der Waals surface area contributed by atoms with E-state index in [1.807, 2.05) is 11.4 Å². The first-order valence-corrected chi connectivity index (χ1v) is 8.21. The predicted octanol–water partition coefficient (Wildman–Crippen LogP) is 2.90. The van der Waals surface area contributed by atoms with Crippen molar-refractivity contribution in [1.29, 1.82) is 0 Å². The van der Waals surface area contributed by atoms with Crippen molar-refractivity contribution in [3.8, 4) is 0 Å². The van der Waals surface area contributed by atoms with Gasteiger partial charge in [0, 0.05) is 6.04 Å². The van der Waals surface area contributed by atoms with Gasteiger partial charge in [-0.25, -0.2) is 4.98 Å². The minimum atomic E-state index is -0.0209. The predicted molar refractivity (Wildman–Crippen MR) is 83.0 cm³/mol. The minimum Gasteiger partial charge on any atom is -0.308 e. The number of aromatic nitrogens is 2. The summed E-state index contributed by atoms with van der Waals surface area (Å²) >= 11 is 1.44. The highest BCUT2D eigenvalue weighted by Gasteiger charge is 2.24. The molecule has 0 radical (unpaired) electrons. The van der Waals surface area contributed by atoms with Gasteiger partial charge in [0.2, 0.25) is 0 Å².